The molecule has 1 aromatic heterocycles. The zero-order chi connectivity index (χ0) is 15.8. The van der Waals surface area contributed by atoms with Crippen molar-refractivity contribution in [2.45, 2.75) is 44.7 Å². The van der Waals surface area contributed by atoms with Crippen molar-refractivity contribution in [1.29, 1.82) is 0 Å². The molecule has 5 nitrogen and oxygen atoms in total. The Morgan fingerprint density at radius 2 is 2.19 bits per heavy atom. The van der Waals surface area contributed by atoms with Gasteiger partial charge in [0.2, 0.25) is 0 Å². The smallest absolute Gasteiger partial charge is 0.338 e. The van der Waals surface area contributed by atoms with E-state index in [0.29, 0.717) is 22.9 Å². The van der Waals surface area contributed by atoms with E-state index in [9.17, 15) is 15.0 Å². The first-order chi connectivity index (χ1) is 9.95. The number of pyridine rings is 1. The summed E-state index contributed by atoms with van der Waals surface area (Å²) in [4.78, 5) is 15.6. The van der Waals surface area contributed by atoms with Gasteiger partial charge in [-0.1, -0.05) is 13.3 Å². The summed E-state index contributed by atoms with van der Waals surface area (Å²) in [6.07, 6.45) is 1.40. The predicted molar refractivity (Wildman–Crippen MR) is 83.1 cm³/mol. The Bertz CT molecular complexity index is 479. The van der Waals surface area contributed by atoms with Crippen molar-refractivity contribution >= 4 is 17.7 Å². The number of thioether (sulfide) groups is 1. The minimum absolute atomic E-state index is 0.213. The number of nitrogens with zero attached hydrogens (tertiary/aromatic N) is 1. The second-order valence-electron chi connectivity index (χ2n) is 4.96. The summed E-state index contributed by atoms with van der Waals surface area (Å²) in [5.74, 6) is -0.626. The number of carboxylic acids is 1. The van der Waals surface area contributed by atoms with E-state index in [0.717, 1.165) is 18.5 Å². The normalized spacial score (nSPS) is 12.4. The molecular formula is C15H23NO4S. The molecule has 1 atom stereocenters. The van der Waals surface area contributed by atoms with E-state index in [2.05, 4.69) is 11.9 Å². The Labute approximate surface area is 129 Å². The highest BCUT2D eigenvalue weighted by Crippen LogP contribution is 2.25. The van der Waals surface area contributed by atoms with Gasteiger partial charge in [-0.05, 0) is 31.9 Å². The Morgan fingerprint density at radius 1 is 1.48 bits per heavy atom. The molecule has 0 saturated heterocycles. The molecule has 6 heteroatoms. The van der Waals surface area contributed by atoms with Crippen LogP contribution in [0.4, 0.5) is 0 Å². The highest BCUT2D eigenvalue weighted by atomic mass is 32.2. The molecule has 1 heterocycles. The molecule has 0 fully saturated rings. The van der Waals surface area contributed by atoms with Crippen LogP contribution in [-0.2, 0) is 4.74 Å². The van der Waals surface area contributed by atoms with Gasteiger partial charge in [-0.25, -0.2) is 9.78 Å². The van der Waals surface area contributed by atoms with E-state index in [4.69, 9.17) is 4.74 Å². The van der Waals surface area contributed by atoms with E-state index in [1.165, 1.54) is 11.8 Å². The number of aromatic carboxylic acids is 1. The van der Waals surface area contributed by atoms with Crippen LogP contribution in [0.15, 0.2) is 11.1 Å². The Hall–Kier alpha value is -1.11. The number of carbonyl (C=O) groups is 1. The van der Waals surface area contributed by atoms with Gasteiger partial charge in [0, 0.05) is 18.1 Å². The van der Waals surface area contributed by atoms with Crippen LogP contribution in [0.3, 0.4) is 0 Å². The van der Waals surface area contributed by atoms with Crippen LogP contribution in [0, 0.1) is 13.8 Å². The van der Waals surface area contributed by atoms with Crippen LogP contribution in [0.1, 0.15) is 41.4 Å². The lowest BCUT2D eigenvalue weighted by Gasteiger charge is -2.13. The number of hydrogen-bond acceptors (Lipinski definition) is 5. The number of rotatable bonds is 9. The van der Waals surface area contributed by atoms with E-state index < -0.39 is 12.1 Å². The monoisotopic (exact) mass is 313 g/mol. The van der Waals surface area contributed by atoms with Crippen LogP contribution in [-0.4, -0.2) is 46.2 Å². The summed E-state index contributed by atoms with van der Waals surface area (Å²) < 4.78 is 5.35. The SMILES string of the molecule is CCCCOCC(O)CSc1nc(C)cc(C)c1C(=O)O. The summed E-state index contributed by atoms with van der Waals surface area (Å²) >= 11 is 1.25. The lowest BCUT2D eigenvalue weighted by Crippen LogP contribution is -2.19. The molecule has 0 aromatic carbocycles. The van der Waals surface area contributed by atoms with Gasteiger partial charge in [0.05, 0.1) is 18.3 Å². The number of carboxylic acid groups (broad SMARTS) is 1. The second kappa shape index (κ2) is 9.02. The van der Waals surface area contributed by atoms with Crippen molar-refractivity contribution in [3.63, 3.8) is 0 Å². The molecular weight excluding hydrogens is 290 g/mol. The van der Waals surface area contributed by atoms with Crippen molar-refractivity contribution < 1.29 is 19.7 Å². The minimum Gasteiger partial charge on any atom is -0.478 e. The number of ether oxygens (including phenoxy) is 1. The summed E-state index contributed by atoms with van der Waals surface area (Å²) in [5, 5.41) is 19.6. The van der Waals surface area contributed by atoms with Crippen LogP contribution in [0.2, 0.25) is 0 Å². The van der Waals surface area contributed by atoms with Gasteiger partial charge < -0.3 is 14.9 Å². The van der Waals surface area contributed by atoms with Gasteiger partial charge in [-0.15, -0.1) is 11.8 Å². The van der Waals surface area contributed by atoms with E-state index in [1.54, 1.807) is 13.0 Å². The maximum atomic E-state index is 11.3. The number of aromatic nitrogens is 1. The van der Waals surface area contributed by atoms with Crippen molar-refractivity contribution in [3.8, 4) is 0 Å². The first kappa shape index (κ1) is 17.9. The summed E-state index contributed by atoms with van der Waals surface area (Å²) in [7, 11) is 0. The molecule has 0 amide bonds. The number of unbranched alkanes of at least 4 members (excludes halogenated alkanes) is 1. The first-order valence-electron chi connectivity index (χ1n) is 7.05. The Balaban J connectivity index is 2.60. The second-order valence-corrected chi connectivity index (χ2v) is 5.97. The summed E-state index contributed by atoms with van der Waals surface area (Å²) in [5.41, 5.74) is 1.67. The first-order valence-corrected chi connectivity index (χ1v) is 8.04. The minimum atomic E-state index is -0.990. The van der Waals surface area contributed by atoms with E-state index >= 15 is 0 Å². The molecule has 1 aromatic rings. The molecule has 0 aliphatic rings. The summed E-state index contributed by atoms with van der Waals surface area (Å²) in [6, 6.07) is 1.75. The van der Waals surface area contributed by atoms with Crippen molar-refractivity contribution in [3.05, 3.63) is 22.9 Å². The largest absolute Gasteiger partial charge is 0.478 e. The number of aliphatic hydroxyl groups excluding tert-OH is 1. The fourth-order valence-electron chi connectivity index (χ4n) is 1.86. The molecule has 0 aliphatic carbocycles. The van der Waals surface area contributed by atoms with Crippen LogP contribution in [0.25, 0.3) is 0 Å². The average molecular weight is 313 g/mol. The molecule has 118 valence electrons. The molecule has 0 bridgehead atoms. The fraction of sp³-hybridized carbons (Fsp3) is 0.600. The van der Waals surface area contributed by atoms with E-state index in [1.807, 2.05) is 6.92 Å². The van der Waals surface area contributed by atoms with Gasteiger partial charge in [0.15, 0.2) is 0 Å². The van der Waals surface area contributed by atoms with Gasteiger partial charge in [0.25, 0.3) is 0 Å². The lowest BCUT2D eigenvalue weighted by molar-refractivity contribution is 0.0473. The molecule has 0 radical (unpaired) electrons. The number of hydrogen-bond donors (Lipinski definition) is 2. The molecule has 21 heavy (non-hydrogen) atoms. The van der Waals surface area contributed by atoms with Crippen molar-refractivity contribution in [1.82, 2.24) is 4.98 Å². The van der Waals surface area contributed by atoms with Gasteiger partial charge in [0.1, 0.15) is 5.03 Å². The van der Waals surface area contributed by atoms with Crippen LogP contribution < -0.4 is 0 Å². The third kappa shape index (κ3) is 6.03. The van der Waals surface area contributed by atoms with Crippen LogP contribution in [0.5, 0.6) is 0 Å². The molecule has 0 aliphatic heterocycles. The van der Waals surface area contributed by atoms with E-state index in [-0.39, 0.29) is 12.2 Å². The molecule has 0 spiro atoms. The highest BCUT2D eigenvalue weighted by Gasteiger charge is 2.17. The third-order valence-corrected chi connectivity index (χ3v) is 4.01. The maximum Gasteiger partial charge on any atom is 0.338 e. The van der Waals surface area contributed by atoms with Crippen LogP contribution >= 0.6 is 11.8 Å². The van der Waals surface area contributed by atoms with Gasteiger partial charge in [-0.2, -0.15) is 0 Å². The summed E-state index contributed by atoms with van der Waals surface area (Å²) in [6.45, 7) is 6.56. The molecule has 0 saturated carbocycles. The zero-order valence-electron chi connectivity index (χ0n) is 12.8. The average Bonchev–Trinajstić information content (AvgIpc) is 2.40. The highest BCUT2D eigenvalue weighted by molar-refractivity contribution is 7.99. The molecule has 1 rings (SSSR count). The van der Waals surface area contributed by atoms with Gasteiger partial charge in [-0.3, -0.25) is 0 Å². The third-order valence-electron chi connectivity index (χ3n) is 2.89. The standard InChI is InChI=1S/C15H23NO4S/c1-4-5-6-20-8-12(17)9-21-14-13(15(18)19)10(2)7-11(3)16-14/h7,12,17H,4-6,8-9H2,1-3H3,(H,18,19). The molecule has 1 unspecified atom stereocenters. The fourth-order valence-corrected chi connectivity index (χ4v) is 2.90. The van der Waals surface area contributed by atoms with Gasteiger partial charge >= 0.3 is 5.97 Å². The lowest BCUT2D eigenvalue weighted by atomic mass is 10.1. The topological polar surface area (TPSA) is 79.7 Å². The number of aryl methyl sites for hydroxylation is 2. The Morgan fingerprint density at radius 3 is 2.81 bits per heavy atom. The predicted octanol–water partition coefficient (Wildman–Crippen LogP) is 2.67. The van der Waals surface area contributed by atoms with Crippen molar-refractivity contribution in [2.24, 2.45) is 0 Å². The van der Waals surface area contributed by atoms with Crippen molar-refractivity contribution in [2.75, 3.05) is 19.0 Å². The Kier molecular flexibility index (Phi) is 7.71. The number of aliphatic hydroxyl groups is 1. The zero-order valence-corrected chi connectivity index (χ0v) is 13.6. The quantitative estimate of drug-likeness (QED) is 0.539. The maximum absolute atomic E-state index is 11.3. The molecule has 2 N–H and O–H groups in total.